The van der Waals surface area contributed by atoms with Crippen LogP contribution in [0.5, 0.6) is 11.5 Å². The van der Waals surface area contributed by atoms with Gasteiger partial charge in [-0.1, -0.05) is 145 Å². The number of nitrogens with zero attached hydrogens (tertiary/aromatic N) is 2. The molecule has 3 aromatic heterocycles. The van der Waals surface area contributed by atoms with Gasteiger partial charge in [-0.3, -0.25) is 0 Å². The molecule has 0 N–H and O–H groups in total. The van der Waals surface area contributed by atoms with Crippen LogP contribution in [-0.4, -0.2) is 23.2 Å². The molecule has 0 saturated carbocycles. The van der Waals surface area contributed by atoms with E-state index >= 15 is 0 Å². The Hall–Kier alpha value is -2.44. The van der Waals surface area contributed by atoms with E-state index in [-0.39, 0.29) is 0 Å². The molecule has 4 unspecified atom stereocenters. The first kappa shape index (κ1) is 42.3. The van der Waals surface area contributed by atoms with Gasteiger partial charge < -0.3 is 9.47 Å². The van der Waals surface area contributed by atoms with Gasteiger partial charge in [0.1, 0.15) is 11.4 Å². The third-order valence-electron chi connectivity index (χ3n) is 10.7. The fraction of sp³-hybridized carbons (Fsp3) is 0.652. The maximum atomic E-state index is 6.56. The van der Waals surface area contributed by atoms with Crippen molar-refractivity contribution in [3.05, 3.63) is 47.2 Å². The highest BCUT2D eigenvalue weighted by molar-refractivity contribution is 7.14. The highest BCUT2D eigenvalue weighted by atomic mass is 32.1. The first-order valence-corrected chi connectivity index (χ1v) is 22.5. The SMILES string of the molecule is CC(C)CCCC(C)CCCC(C)CCOc1cc2nc(-c3cccs3)c(-c3cccs3)nc2cc1OCCC(C)CCCC(C)CCCC(C)C. The first-order chi connectivity index (χ1) is 25.1. The number of fused-ring (bicyclic) bond motifs is 1. The third kappa shape index (κ3) is 14.8. The van der Waals surface area contributed by atoms with Crippen LogP contribution in [0.3, 0.4) is 0 Å². The predicted molar refractivity (Wildman–Crippen MR) is 228 cm³/mol. The van der Waals surface area contributed by atoms with Crippen molar-refractivity contribution in [1.82, 2.24) is 9.97 Å². The van der Waals surface area contributed by atoms with E-state index in [9.17, 15) is 0 Å². The zero-order chi connectivity index (χ0) is 37.3. The van der Waals surface area contributed by atoms with Gasteiger partial charge in [0.2, 0.25) is 0 Å². The Morgan fingerprint density at radius 3 is 1.15 bits per heavy atom. The van der Waals surface area contributed by atoms with Gasteiger partial charge in [-0.2, -0.15) is 0 Å². The van der Waals surface area contributed by atoms with E-state index in [4.69, 9.17) is 19.4 Å². The molecule has 6 heteroatoms. The zero-order valence-electron chi connectivity index (χ0n) is 33.9. The maximum absolute atomic E-state index is 6.56. The van der Waals surface area contributed by atoms with Crippen molar-refractivity contribution in [3.8, 4) is 32.6 Å². The molecule has 0 radical (unpaired) electrons. The van der Waals surface area contributed by atoms with Crippen molar-refractivity contribution >= 4 is 33.7 Å². The van der Waals surface area contributed by atoms with Crippen LogP contribution in [0.25, 0.3) is 32.2 Å². The van der Waals surface area contributed by atoms with Crippen LogP contribution in [0.4, 0.5) is 0 Å². The van der Waals surface area contributed by atoms with Crippen LogP contribution in [-0.2, 0) is 0 Å². The summed E-state index contributed by atoms with van der Waals surface area (Å²) in [7, 11) is 0. The molecule has 0 aliphatic carbocycles. The number of hydrogen-bond donors (Lipinski definition) is 0. The minimum absolute atomic E-state index is 0.630. The monoisotopic (exact) mass is 746 g/mol. The van der Waals surface area contributed by atoms with E-state index < -0.39 is 0 Å². The molecule has 1 aromatic carbocycles. The van der Waals surface area contributed by atoms with Crippen LogP contribution < -0.4 is 9.47 Å². The van der Waals surface area contributed by atoms with E-state index in [0.717, 1.165) is 80.2 Å². The Balaban J connectivity index is 1.39. The number of aromatic nitrogens is 2. The standard InChI is InChI=1S/C46H70N2O2S2/c1-33(2)15-9-17-35(5)19-11-21-37(7)25-27-49-41-31-39-40(48-46(44-24-14-30-52-44)45(47-39)43-23-13-29-51-43)32-42(41)50-28-26-38(8)22-12-20-36(6)18-10-16-34(3)4/h13-14,23-24,29-38H,9-12,15-22,25-28H2,1-8H3. The summed E-state index contributed by atoms with van der Waals surface area (Å²) >= 11 is 3.41. The van der Waals surface area contributed by atoms with E-state index in [1.165, 1.54) is 77.0 Å². The zero-order valence-corrected chi connectivity index (χ0v) is 35.6. The van der Waals surface area contributed by atoms with E-state index in [2.05, 4.69) is 103 Å². The maximum Gasteiger partial charge on any atom is 0.163 e. The number of rotatable bonds is 26. The molecular formula is C46H70N2O2S2. The minimum Gasteiger partial charge on any atom is -0.490 e. The van der Waals surface area contributed by atoms with Gasteiger partial charge >= 0.3 is 0 Å². The lowest BCUT2D eigenvalue weighted by molar-refractivity contribution is 0.237. The molecule has 0 aliphatic rings. The van der Waals surface area contributed by atoms with Gasteiger partial charge in [-0.15, -0.1) is 22.7 Å². The lowest BCUT2D eigenvalue weighted by Crippen LogP contribution is -2.09. The third-order valence-corrected chi connectivity index (χ3v) is 12.5. The fourth-order valence-electron chi connectivity index (χ4n) is 7.16. The van der Waals surface area contributed by atoms with Crippen LogP contribution in [0, 0.1) is 35.5 Å². The Bertz CT molecular complexity index is 1420. The molecule has 288 valence electrons. The lowest BCUT2D eigenvalue weighted by atomic mass is 9.93. The first-order valence-electron chi connectivity index (χ1n) is 20.8. The highest BCUT2D eigenvalue weighted by Crippen LogP contribution is 2.39. The molecule has 4 nitrogen and oxygen atoms in total. The van der Waals surface area contributed by atoms with Gasteiger partial charge in [0.25, 0.3) is 0 Å². The Labute approximate surface area is 325 Å². The summed E-state index contributed by atoms with van der Waals surface area (Å²) in [5.74, 6) is 6.12. The van der Waals surface area contributed by atoms with Gasteiger partial charge in [0.05, 0.1) is 34.0 Å². The molecular weight excluding hydrogens is 677 g/mol. The summed E-state index contributed by atoms with van der Waals surface area (Å²) in [6.45, 7) is 20.3. The fourth-order valence-corrected chi connectivity index (χ4v) is 8.59. The smallest absolute Gasteiger partial charge is 0.163 e. The molecule has 0 bridgehead atoms. The average Bonchev–Trinajstić information content (AvgIpc) is 3.83. The topological polar surface area (TPSA) is 44.2 Å². The molecule has 4 aromatic rings. The van der Waals surface area contributed by atoms with Crippen LogP contribution >= 0.6 is 22.7 Å². The van der Waals surface area contributed by atoms with E-state index in [0.29, 0.717) is 25.0 Å². The molecule has 4 rings (SSSR count). The highest BCUT2D eigenvalue weighted by Gasteiger charge is 2.18. The van der Waals surface area contributed by atoms with Crippen molar-refractivity contribution in [1.29, 1.82) is 0 Å². The van der Waals surface area contributed by atoms with E-state index in [1.54, 1.807) is 22.7 Å². The quantitative estimate of drug-likeness (QED) is 0.0642. The Kier molecular flexibility index (Phi) is 18.5. The number of hydrogen-bond acceptors (Lipinski definition) is 6. The van der Waals surface area contributed by atoms with Crippen molar-refractivity contribution in [3.63, 3.8) is 0 Å². The summed E-state index contributed by atoms with van der Waals surface area (Å²) in [5, 5.41) is 4.21. The van der Waals surface area contributed by atoms with Gasteiger partial charge in [0, 0.05) is 12.1 Å². The summed E-state index contributed by atoms with van der Waals surface area (Å²) < 4.78 is 13.1. The number of benzene rings is 1. The second-order valence-electron chi connectivity index (χ2n) is 16.9. The van der Waals surface area contributed by atoms with Crippen molar-refractivity contribution in [2.75, 3.05) is 13.2 Å². The molecule has 0 fully saturated rings. The van der Waals surface area contributed by atoms with Crippen molar-refractivity contribution in [2.24, 2.45) is 35.5 Å². The molecule has 0 aliphatic heterocycles. The summed E-state index contributed by atoms with van der Waals surface area (Å²) in [6, 6.07) is 12.6. The van der Waals surface area contributed by atoms with Crippen LogP contribution in [0.1, 0.15) is 145 Å². The second kappa shape index (κ2) is 22.7. The lowest BCUT2D eigenvalue weighted by Gasteiger charge is -2.18. The average molecular weight is 747 g/mol. The summed E-state index contributed by atoms with van der Waals surface area (Å²) in [6.07, 6.45) is 18.0. The van der Waals surface area contributed by atoms with E-state index in [1.807, 2.05) is 0 Å². The van der Waals surface area contributed by atoms with Gasteiger partial charge in [-0.25, -0.2) is 9.97 Å². The van der Waals surface area contributed by atoms with Crippen molar-refractivity contribution in [2.45, 2.75) is 145 Å². The molecule has 0 spiro atoms. The van der Waals surface area contributed by atoms with Crippen molar-refractivity contribution < 1.29 is 9.47 Å². The molecule has 52 heavy (non-hydrogen) atoms. The number of ether oxygens (including phenoxy) is 2. The van der Waals surface area contributed by atoms with Gasteiger partial charge in [-0.05, 0) is 71.2 Å². The Morgan fingerprint density at radius 2 is 0.827 bits per heavy atom. The number of thiophene rings is 2. The Morgan fingerprint density at radius 1 is 0.481 bits per heavy atom. The van der Waals surface area contributed by atoms with Crippen LogP contribution in [0.15, 0.2) is 47.2 Å². The predicted octanol–water partition coefficient (Wildman–Crippen LogP) is 15.2. The van der Waals surface area contributed by atoms with Gasteiger partial charge in [0.15, 0.2) is 11.5 Å². The summed E-state index contributed by atoms with van der Waals surface area (Å²) in [5.41, 5.74) is 3.56. The minimum atomic E-state index is 0.630. The van der Waals surface area contributed by atoms with Crippen LogP contribution in [0.2, 0.25) is 0 Å². The normalized spacial score (nSPS) is 14.3. The summed E-state index contributed by atoms with van der Waals surface area (Å²) in [4.78, 5) is 12.7. The molecule has 0 amide bonds. The largest absolute Gasteiger partial charge is 0.490 e. The molecule has 0 saturated heterocycles. The second-order valence-corrected chi connectivity index (χ2v) is 18.8. The molecule has 4 atom stereocenters. The molecule has 3 heterocycles.